The Balaban J connectivity index is 2.33. The van der Waals surface area contributed by atoms with Gasteiger partial charge in [-0.2, -0.15) is 0 Å². The third-order valence-electron chi connectivity index (χ3n) is 1.84. The normalized spacial score (nSPS) is 10.9. The smallest absolute Gasteiger partial charge is 0.243 e. The second kappa shape index (κ2) is 4.02. The van der Waals surface area contributed by atoms with Gasteiger partial charge < -0.3 is 0 Å². The standard InChI is InChI=1S/C10H6F3NS/c11-7-3-1-6(2-4-7)8-5-14-10(15-8)9(12)13/h1-5,9H. The minimum absolute atomic E-state index is 0.214. The molecule has 0 N–H and O–H groups in total. The molecule has 5 heteroatoms. The van der Waals surface area contributed by atoms with Gasteiger partial charge in [0.15, 0.2) is 5.01 Å². The van der Waals surface area contributed by atoms with Crippen LogP contribution in [0.2, 0.25) is 0 Å². The van der Waals surface area contributed by atoms with E-state index in [0.717, 1.165) is 11.3 Å². The molecule has 15 heavy (non-hydrogen) atoms. The molecule has 0 unspecified atom stereocenters. The molecule has 1 aromatic carbocycles. The van der Waals surface area contributed by atoms with Gasteiger partial charge in [-0.25, -0.2) is 18.2 Å². The monoisotopic (exact) mass is 229 g/mol. The van der Waals surface area contributed by atoms with Crippen molar-refractivity contribution in [3.63, 3.8) is 0 Å². The van der Waals surface area contributed by atoms with Crippen LogP contribution in [0.1, 0.15) is 11.4 Å². The van der Waals surface area contributed by atoms with Crippen molar-refractivity contribution < 1.29 is 13.2 Å². The zero-order chi connectivity index (χ0) is 10.8. The van der Waals surface area contributed by atoms with Crippen LogP contribution in [0.25, 0.3) is 10.4 Å². The highest BCUT2D eigenvalue weighted by Gasteiger charge is 2.12. The number of alkyl halides is 2. The van der Waals surface area contributed by atoms with Gasteiger partial charge in [-0.3, -0.25) is 0 Å². The summed E-state index contributed by atoms with van der Waals surface area (Å²) >= 11 is 0.916. The number of halogens is 3. The van der Waals surface area contributed by atoms with Crippen molar-refractivity contribution in [2.24, 2.45) is 0 Å². The highest BCUT2D eigenvalue weighted by Crippen LogP contribution is 2.30. The first-order valence-electron chi connectivity index (χ1n) is 4.16. The average Bonchev–Trinajstić information content (AvgIpc) is 2.68. The van der Waals surface area contributed by atoms with Crippen LogP contribution in [-0.2, 0) is 0 Å². The third-order valence-corrected chi connectivity index (χ3v) is 2.89. The van der Waals surface area contributed by atoms with E-state index < -0.39 is 6.43 Å². The van der Waals surface area contributed by atoms with Crippen LogP contribution in [0.3, 0.4) is 0 Å². The molecule has 0 aliphatic rings. The van der Waals surface area contributed by atoms with Crippen molar-refractivity contribution in [3.8, 4) is 10.4 Å². The Labute approximate surface area is 88.2 Å². The molecule has 0 aliphatic heterocycles. The van der Waals surface area contributed by atoms with Gasteiger partial charge in [0.1, 0.15) is 5.82 Å². The van der Waals surface area contributed by atoms with Crippen LogP contribution >= 0.6 is 11.3 Å². The number of hydrogen-bond donors (Lipinski definition) is 0. The fourth-order valence-corrected chi connectivity index (χ4v) is 1.92. The Kier molecular flexibility index (Phi) is 2.73. The van der Waals surface area contributed by atoms with Crippen LogP contribution in [0.15, 0.2) is 30.5 Å². The minimum Gasteiger partial charge on any atom is -0.243 e. The lowest BCUT2D eigenvalue weighted by Crippen LogP contribution is -1.77. The maximum atomic E-state index is 12.6. The zero-order valence-electron chi connectivity index (χ0n) is 7.45. The molecule has 0 aliphatic carbocycles. The van der Waals surface area contributed by atoms with E-state index in [-0.39, 0.29) is 10.8 Å². The van der Waals surface area contributed by atoms with E-state index in [2.05, 4.69) is 4.98 Å². The number of aromatic nitrogens is 1. The van der Waals surface area contributed by atoms with Crippen molar-refractivity contribution in [2.75, 3.05) is 0 Å². The lowest BCUT2D eigenvalue weighted by molar-refractivity contribution is 0.151. The van der Waals surface area contributed by atoms with Crippen LogP contribution in [0.5, 0.6) is 0 Å². The van der Waals surface area contributed by atoms with Crippen molar-refractivity contribution in [1.82, 2.24) is 4.98 Å². The molecule has 0 radical (unpaired) electrons. The van der Waals surface area contributed by atoms with Crippen LogP contribution in [-0.4, -0.2) is 4.98 Å². The molecule has 0 fully saturated rings. The van der Waals surface area contributed by atoms with Crippen molar-refractivity contribution in [3.05, 3.63) is 41.3 Å². The topological polar surface area (TPSA) is 12.9 Å². The Morgan fingerprint density at radius 1 is 1.13 bits per heavy atom. The van der Waals surface area contributed by atoms with Gasteiger partial charge >= 0.3 is 0 Å². The molecule has 0 saturated heterocycles. The summed E-state index contributed by atoms with van der Waals surface area (Å²) in [6.45, 7) is 0. The largest absolute Gasteiger partial charge is 0.289 e. The second-order valence-electron chi connectivity index (χ2n) is 2.87. The fourth-order valence-electron chi connectivity index (χ4n) is 1.14. The van der Waals surface area contributed by atoms with E-state index in [9.17, 15) is 13.2 Å². The lowest BCUT2D eigenvalue weighted by Gasteiger charge is -1.95. The first-order valence-corrected chi connectivity index (χ1v) is 4.98. The van der Waals surface area contributed by atoms with Crippen LogP contribution in [0, 0.1) is 5.82 Å². The van der Waals surface area contributed by atoms with E-state index in [1.807, 2.05) is 0 Å². The maximum Gasteiger partial charge on any atom is 0.289 e. The van der Waals surface area contributed by atoms with E-state index in [0.29, 0.717) is 10.4 Å². The van der Waals surface area contributed by atoms with E-state index in [1.165, 1.54) is 30.5 Å². The summed E-state index contributed by atoms with van der Waals surface area (Å²) < 4.78 is 37.1. The van der Waals surface area contributed by atoms with Gasteiger partial charge in [0.25, 0.3) is 6.43 Å². The van der Waals surface area contributed by atoms with Crippen LogP contribution < -0.4 is 0 Å². The predicted octanol–water partition coefficient (Wildman–Crippen LogP) is 3.89. The molecule has 0 bridgehead atoms. The number of thiazole rings is 1. The highest BCUT2D eigenvalue weighted by molar-refractivity contribution is 7.15. The lowest BCUT2D eigenvalue weighted by atomic mass is 10.2. The predicted molar refractivity (Wildman–Crippen MR) is 52.5 cm³/mol. The molecule has 1 heterocycles. The average molecular weight is 229 g/mol. The molecule has 0 atom stereocenters. The second-order valence-corrected chi connectivity index (χ2v) is 3.93. The molecule has 0 spiro atoms. The summed E-state index contributed by atoms with van der Waals surface area (Å²) in [4.78, 5) is 4.21. The first kappa shape index (κ1) is 10.2. The summed E-state index contributed by atoms with van der Waals surface area (Å²) in [5.74, 6) is -0.350. The molecule has 0 saturated carbocycles. The van der Waals surface area contributed by atoms with Gasteiger partial charge in [0, 0.05) is 6.20 Å². The Hall–Kier alpha value is -1.36. The van der Waals surface area contributed by atoms with Gasteiger partial charge in [-0.05, 0) is 17.7 Å². The Bertz CT molecular complexity index is 450. The molecule has 78 valence electrons. The minimum atomic E-state index is -2.55. The van der Waals surface area contributed by atoms with Gasteiger partial charge in [0.05, 0.1) is 4.88 Å². The number of nitrogens with zero attached hydrogens (tertiary/aromatic N) is 1. The number of benzene rings is 1. The number of rotatable bonds is 2. The van der Waals surface area contributed by atoms with Gasteiger partial charge in [0.2, 0.25) is 0 Å². The van der Waals surface area contributed by atoms with Crippen molar-refractivity contribution in [1.29, 1.82) is 0 Å². The SMILES string of the molecule is Fc1ccc(-c2cnc(C(F)F)s2)cc1. The summed E-state index contributed by atoms with van der Waals surface area (Å²) in [6, 6.07) is 5.66. The van der Waals surface area contributed by atoms with E-state index >= 15 is 0 Å². The van der Waals surface area contributed by atoms with E-state index in [1.54, 1.807) is 0 Å². The van der Waals surface area contributed by atoms with Crippen molar-refractivity contribution in [2.45, 2.75) is 6.43 Å². The fraction of sp³-hybridized carbons (Fsp3) is 0.100. The summed E-state index contributed by atoms with van der Waals surface area (Å²) in [6.07, 6.45) is -1.18. The summed E-state index contributed by atoms with van der Waals surface area (Å²) in [5, 5.41) is -0.214. The summed E-state index contributed by atoms with van der Waals surface area (Å²) in [5.41, 5.74) is 0.695. The van der Waals surface area contributed by atoms with Gasteiger partial charge in [-0.15, -0.1) is 11.3 Å². The Morgan fingerprint density at radius 3 is 2.33 bits per heavy atom. The Morgan fingerprint density at radius 2 is 1.80 bits per heavy atom. The quantitative estimate of drug-likeness (QED) is 0.761. The molecular formula is C10H6F3NS. The third kappa shape index (κ3) is 2.18. The molecule has 2 aromatic rings. The van der Waals surface area contributed by atoms with Crippen LogP contribution in [0.4, 0.5) is 13.2 Å². The molecular weight excluding hydrogens is 223 g/mol. The summed E-state index contributed by atoms with van der Waals surface area (Å²) in [7, 11) is 0. The molecule has 0 amide bonds. The number of hydrogen-bond acceptors (Lipinski definition) is 2. The van der Waals surface area contributed by atoms with Crippen molar-refractivity contribution >= 4 is 11.3 Å². The zero-order valence-corrected chi connectivity index (χ0v) is 8.27. The molecule has 2 rings (SSSR count). The van der Waals surface area contributed by atoms with E-state index in [4.69, 9.17) is 0 Å². The van der Waals surface area contributed by atoms with Gasteiger partial charge in [-0.1, -0.05) is 12.1 Å². The molecule has 1 nitrogen and oxygen atoms in total. The maximum absolute atomic E-state index is 12.6. The first-order chi connectivity index (χ1) is 7.16. The molecule has 1 aromatic heterocycles. The highest BCUT2D eigenvalue weighted by atomic mass is 32.1.